The fraction of sp³-hybridized carbons (Fsp3) is 0.417. The maximum atomic E-state index is 10.8. The molecule has 5 nitrogen and oxygen atoms in total. The summed E-state index contributed by atoms with van der Waals surface area (Å²) in [6, 6.07) is 1.89. The summed E-state index contributed by atoms with van der Waals surface area (Å²) in [7, 11) is 0. The van der Waals surface area contributed by atoms with E-state index >= 15 is 0 Å². The molecular formula is C12H15N3O2. The van der Waals surface area contributed by atoms with Gasteiger partial charge < -0.3 is 5.11 Å². The number of carboxylic acid groups (broad SMARTS) is 1. The zero-order valence-corrected chi connectivity index (χ0v) is 10.1. The maximum Gasteiger partial charge on any atom is 0.306 e. The normalized spacial score (nSPS) is 12.9. The van der Waals surface area contributed by atoms with Crippen LogP contribution in [0, 0.1) is 19.8 Å². The number of hydrogen-bond acceptors (Lipinski definition) is 3. The van der Waals surface area contributed by atoms with E-state index in [1.807, 2.05) is 24.3 Å². The van der Waals surface area contributed by atoms with E-state index in [4.69, 9.17) is 5.11 Å². The van der Waals surface area contributed by atoms with E-state index in [-0.39, 0.29) is 0 Å². The fourth-order valence-electron chi connectivity index (χ4n) is 1.78. The maximum absolute atomic E-state index is 10.8. The van der Waals surface area contributed by atoms with Crippen LogP contribution in [-0.2, 0) is 11.2 Å². The predicted octanol–water partition coefficient (Wildman–Crippen LogP) is 1.61. The SMILES string of the molecule is Cc1cc2nc(CC(C)C(=O)O)c(C)n2cn1. The van der Waals surface area contributed by atoms with Gasteiger partial charge in [0.15, 0.2) is 0 Å². The number of hydrogen-bond donors (Lipinski definition) is 1. The van der Waals surface area contributed by atoms with Crippen molar-refractivity contribution in [1.82, 2.24) is 14.4 Å². The quantitative estimate of drug-likeness (QED) is 0.874. The molecule has 0 saturated heterocycles. The van der Waals surface area contributed by atoms with Crippen molar-refractivity contribution in [3.8, 4) is 0 Å². The Morgan fingerprint density at radius 3 is 2.88 bits per heavy atom. The Kier molecular flexibility index (Phi) is 2.83. The van der Waals surface area contributed by atoms with Crippen molar-refractivity contribution in [2.45, 2.75) is 27.2 Å². The molecule has 0 saturated carbocycles. The highest BCUT2D eigenvalue weighted by molar-refractivity contribution is 5.69. The van der Waals surface area contributed by atoms with Gasteiger partial charge in [-0.1, -0.05) is 6.92 Å². The van der Waals surface area contributed by atoms with E-state index < -0.39 is 11.9 Å². The van der Waals surface area contributed by atoms with E-state index in [1.54, 1.807) is 13.3 Å². The summed E-state index contributed by atoms with van der Waals surface area (Å²) in [6.45, 7) is 5.53. The van der Waals surface area contributed by atoms with Crippen LogP contribution in [0.15, 0.2) is 12.4 Å². The van der Waals surface area contributed by atoms with E-state index in [2.05, 4.69) is 9.97 Å². The zero-order chi connectivity index (χ0) is 12.6. The molecule has 0 aliphatic heterocycles. The molecule has 2 aromatic rings. The highest BCUT2D eigenvalue weighted by Gasteiger charge is 2.16. The Labute approximate surface area is 99.1 Å². The Hall–Kier alpha value is -1.91. The van der Waals surface area contributed by atoms with Gasteiger partial charge in [-0.15, -0.1) is 0 Å². The number of imidazole rings is 1. The van der Waals surface area contributed by atoms with Crippen molar-refractivity contribution in [1.29, 1.82) is 0 Å². The van der Waals surface area contributed by atoms with Crippen LogP contribution in [-0.4, -0.2) is 25.4 Å². The number of aromatic nitrogens is 3. The molecule has 2 rings (SSSR count). The number of aryl methyl sites for hydroxylation is 2. The van der Waals surface area contributed by atoms with Crippen LogP contribution >= 0.6 is 0 Å². The van der Waals surface area contributed by atoms with Crippen LogP contribution in [0.3, 0.4) is 0 Å². The van der Waals surface area contributed by atoms with Crippen LogP contribution in [0.5, 0.6) is 0 Å². The average molecular weight is 233 g/mol. The molecule has 0 bridgehead atoms. The van der Waals surface area contributed by atoms with Crippen LogP contribution in [0.4, 0.5) is 0 Å². The number of carbonyl (C=O) groups is 1. The molecule has 2 heterocycles. The van der Waals surface area contributed by atoms with Crippen LogP contribution in [0.25, 0.3) is 5.65 Å². The summed E-state index contributed by atoms with van der Waals surface area (Å²) in [6.07, 6.45) is 2.17. The van der Waals surface area contributed by atoms with Gasteiger partial charge in [0, 0.05) is 23.9 Å². The van der Waals surface area contributed by atoms with Gasteiger partial charge in [-0.2, -0.15) is 0 Å². The molecule has 2 aromatic heterocycles. The second-order valence-corrected chi connectivity index (χ2v) is 4.35. The molecule has 1 atom stereocenters. The Balaban J connectivity index is 2.42. The summed E-state index contributed by atoms with van der Waals surface area (Å²) < 4.78 is 1.89. The third-order valence-electron chi connectivity index (χ3n) is 2.91. The molecule has 5 heteroatoms. The minimum atomic E-state index is -0.796. The van der Waals surface area contributed by atoms with Gasteiger partial charge in [0.2, 0.25) is 0 Å². The summed E-state index contributed by atoms with van der Waals surface area (Å²) in [5, 5.41) is 8.91. The monoisotopic (exact) mass is 233 g/mol. The molecule has 90 valence electrons. The zero-order valence-electron chi connectivity index (χ0n) is 10.1. The van der Waals surface area contributed by atoms with E-state index in [0.717, 1.165) is 22.7 Å². The summed E-state index contributed by atoms with van der Waals surface area (Å²) in [5.74, 6) is -1.22. The molecule has 0 aliphatic carbocycles. The van der Waals surface area contributed by atoms with E-state index in [1.165, 1.54) is 0 Å². The summed E-state index contributed by atoms with van der Waals surface area (Å²) >= 11 is 0. The van der Waals surface area contributed by atoms with Crippen LogP contribution in [0.2, 0.25) is 0 Å². The molecule has 0 aliphatic rings. The number of rotatable bonds is 3. The largest absolute Gasteiger partial charge is 0.481 e. The van der Waals surface area contributed by atoms with Crippen molar-refractivity contribution < 1.29 is 9.90 Å². The lowest BCUT2D eigenvalue weighted by molar-refractivity contribution is -0.141. The second-order valence-electron chi connectivity index (χ2n) is 4.35. The molecule has 0 aromatic carbocycles. The molecule has 17 heavy (non-hydrogen) atoms. The van der Waals surface area contributed by atoms with Gasteiger partial charge in [-0.3, -0.25) is 9.20 Å². The molecule has 1 unspecified atom stereocenters. The van der Waals surface area contributed by atoms with Crippen molar-refractivity contribution in [2.75, 3.05) is 0 Å². The smallest absolute Gasteiger partial charge is 0.306 e. The number of carboxylic acids is 1. The van der Waals surface area contributed by atoms with Crippen molar-refractivity contribution in [3.05, 3.63) is 29.5 Å². The highest BCUT2D eigenvalue weighted by atomic mass is 16.4. The van der Waals surface area contributed by atoms with Gasteiger partial charge >= 0.3 is 5.97 Å². The van der Waals surface area contributed by atoms with Gasteiger partial charge in [0.05, 0.1) is 11.6 Å². The first-order valence-electron chi connectivity index (χ1n) is 5.52. The van der Waals surface area contributed by atoms with Crippen LogP contribution in [0.1, 0.15) is 24.0 Å². The highest BCUT2D eigenvalue weighted by Crippen LogP contribution is 2.15. The Morgan fingerprint density at radius 2 is 2.24 bits per heavy atom. The minimum Gasteiger partial charge on any atom is -0.481 e. The molecule has 0 fully saturated rings. The molecule has 1 N–H and O–H groups in total. The predicted molar refractivity (Wildman–Crippen MR) is 63.0 cm³/mol. The molecule has 0 amide bonds. The Bertz CT molecular complexity index is 574. The van der Waals surface area contributed by atoms with Crippen LogP contribution < -0.4 is 0 Å². The minimum absolute atomic E-state index is 0.423. The van der Waals surface area contributed by atoms with E-state index in [9.17, 15) is 4.79 Å². The fourth-order valence-corrected chi connectivity index (χ4v) is 1.78. The van der Waals surface area contributed by atoms with Gasteiger partial charge in [0.25, 0.3) is 0 Å². The lowest BCUT2D eigenvalue weighted by atomic mass is 10.1. The Morgan fingerprint density at radius 1 is 1.53 bits per heavy atom. The molecule has 0 radical (unpaired) electrons. The topological polar surface area (TPSA) is 67.5 Å². The van der Waals surface area contributed by atoms with Gasteiger partial charge in [-0.05, 0) is 13.8 Å². The summed E-state index contributed by atoms with van der Waals surface area (Å²) in [5.41, 5.74) is 3.51. The third kappa shape index (κ3) is 2.13. The summed E-state index contributed by atoms with van der Waals surface area (Å²) in [4.78, 5) is 19.5. The lowest BCUT2D eigenvalue weighted by Gasteiger charge is -2.03. The molecule has 0 spiro atoms. The van der Waals surface area contributed by atoms with Gasteiger partial charge in [0.1, 0.15) is 12.0 Å². The second kappa shape index (κ2) is 4.16. The average Bonchev–Trinajstić information content (AvgIpc) is 2.55. The number of fused-ring (bicyclic) bond motifs is 1. The van der Waals surface area contributed by atoms with Crippen molar-refractivity contribution in [2.24, 2.45) is 5.92 Å². The molecular weight excluding hydrogens is 218 g/mol. The van der Waals surface area contributed by atoms with Crippen molar-refractivity contribution >= 4 is 11.6 Å². The first-order valence-corrected chi connectivity index (χ1v) is 5.52. The van der Waals surface area contributed by atoms with E-state index in [0.29, 0.717) is 6.42 Å². The lowest BCUT2D eigenvalue weighted by Crippen LogP contribution is -2.13. The third-order valence-corrected chi connectivity index (χ3v) is 2.91. The standard InChI is InChI=1S/C12H15N3O2/c1-7(12(16)17)4-10-9(3)15-6-13-8(2)5-11(15)14-10/h5-7H,4H2,1-3H3,(H,16,17). The number of aliphatic carboxylic acids is 1. The first kappa shape index (κ1) is 11.6. The van der Waals surface area contributed by atoms with Crippen molar-refractivity contribution in [3.63, 3.8) is 0 Å². The first-order chi connectivity index (χ1) is 7.99. The van der Waals surface area contributed by atoms with Gasteiger partial charge in [-0.25, -0.2) is 9.97 Å². The number of nitrogens with zero attached hydrogens (tertiary/aromatic N) is 3.